The van der Waals surface area contributed by atoms with Crippen molar-refractivity contribution in [2.75, 3.05) is 6.61 Å². The third kappa shape index (κ3) is 4.97. The van der Waals surface area contributed by atoms with Gasteiger partial charge in [0.2, 0.25) is 0 Å². The number of carbonyl (C=O) groups is 1. The number of hydrogen-bond acceptors (Lipinski definition) is 2. The van der Waals surface area contributed by atoms with Crippen molar-refractivity contribution in [3.8, 4) is 0 Å². The quantitative estimate of drug-likeness (QED) is 0.571. The first kappa shape index (κ1) is 22.0. The molecule has 0 saturated heterocycles. The summed E-state index contributed by atoms with van der Waals surface area (Å²) in [6, 6.07) is 11.7. The average Bonchev–Trinajstić information content (AvgIpc) is 2.51. The number of carboxylic acids is 1. The Morgan fingerprint density at radius 2 is 1.26 bits per heavy atom. The van der Waals surface area contributed by atoms with E-state index in [1.54, 1.807) is 0 Å². The van der Waals surface area contributed by atoms with E-state index in [2.05, 4.69) is 0 Å². The number of rotatable bonds is 6. The largest absolute Gasteiger partial charge is 0.480 e. The van der Waals surface area contributed by atoms with Gasteiger partial charge in [-0.05, 0) is 61.1 Å². The van der Waals surface area contributed by atoms with Gasteiger partial charge in [0.1, 0.15) is 12.2 Å². The zero-order valence-corrected chi connectivity index (χ0v) is 18.0. The molecule has 0 aliphatic heterocycles. The molecule has 146 valence electrons. The van der Waals surface area contributed by atoms with Crippen LogP contribution in [-0.2, 0) is 15.1 Å². The Morgan fingerprint density at radius 3 is 1.56 bits per heavy atom. The van der Waals surface area contributed by atoms with Gasteiger partial charge in [-0.1, -0.05) is 71.2 Å². The molecule has 2 aromatic carbocycles. The van der Waals surface area contributed by atoms with E-state index in [0.29, 0.717) is 0 Å². The maximum absolute atomic E-state index is 11.4. The van der Waals surface area contributed by atoms with E-state index in [0.717, 1.165) is 33.4 Å². The lowest BCUT2D eigenvalue weighted by atomic mass is 9.76. The summed E-state index contributed by atoms with van der Waals surface area (Å²) >= 11 is 18.7. The number of aliphatic carboxylic acids is 1. The summed E-state index contributed by atoms with van der Waals surface area (Å²) in [6.07, 6.45) is -0.0185. The van der Waals surface area contributed by atoms with Gasteiger partial charge < -0.3 is 9.84 Å². The van der Waals surface area contributed by atoms with Crippen molar-refractivity contribution in [3.05, 3.63) is 69.8 Å². The standard InChI is InChI=1S/C21H23Cl3O3/c1-13-7-5-8-14(2)18(13)20(12-21(22,23)24,27-11-17(25)26)19-15(3)9-6-10-16(19)4/h5-10H,11-12H2,1-4H3,(H,25,26). The molecule has 0 unspecified atom stereocenters. The van der Waals surface area contributed by atoms with Crippen molar-refractivity contribution in [3.63, 3.8) is 0 Å². The number of benzene rings is 2. The molecule has 0 aromatic heterocycles. The van der Waals surface area contributed by atoms with E-state index in [1.807, 2.05) is 64.1 Å². The molecule has 0 bridgehead atoms. The van der Waals surface area contributed by atoms with Crippen molar-refractivity contribution < 1.29 is 14.6 Å². The molecule has 0 fully saturated rings. The van der Waals surface area contributed by atoms with Gasteiger partial charge in [-0.15, -0.1) is 0 Å². The molecule has 0 atom stereocenters. The molecule has 0 heterocycles. The number of hydrogen-bond donors (Lipinski definition) is 1. The van der Waals surface area contributed by atoms with Crippen LogP contribution in [0.25, 0.3) is 0 Å². The van der Waals surface area contributed by atoms with Crippen LogP contribution < -0.4 is 0 Å². The lowest BCUT2D eigenvalue weighted by Gasteiger charge is -2.40. The van der Waals surface area contributed by atoms with Gasteiger partial charge in [0.15, 0.2) is 3.79 Å². The van der Waals surface area contributed by atoms with Crippen molar-refractivity contribution in [1.82, 2.24) is 0 Å². The van der Waals surface area contributed by atoms with Gasteiger partial charge in [0.25, 0.3) is 0 Å². The molecular formula is C21H23Cl3O3. The first-order chi connectivity index (χ1) is 12.5. The van der Waals surface area contributed by atoms with Crippen LogP contribution in [-0.4, -0.2) is 21.5 Å². The second-order valence-electron chi connectivity index (χ2n) is 6.84. The van der Waals surface area contributed by atoms with E-state index < -0.39 is 22.0 Å². The van der Waals surface area contributed by atoms with E-state index >= 15 is 0 Å². The molecule has 0 amide bonds. The highest BCUT2D eigenvalue weighted by Gasteiger charge is 2.46. The fourth-order valence-electron chi connectivity index (χ4n) is 3.87. The fraction of sp³-hybridized carbons (Fsp3) is 0.381. The Labute approximate surface area is 175 Å². The van der Waals surface area contributed by atoms with Gasteiger partial charge in [0, 0.05) is 6.42 Å². The minimum atomic E-state index is -1.65. The topological polar surface area (TPSA) is 46.5 Å². The summed E-state index contributed by atoms with van der Waals surface area (Å²) in [6.45, 7) is 7.29. The van der Waals surface area contributed by atoms with Crippen LogP contribution in [0, 0.1) is 27.7 Å². The summed E-state index contributed by atoms with van der Waals surface area (Å²) in [5.41, 5.74) is 4.21. The van der Waals surface area contributed by atoms with Gasteiger partial charge in [-0.3, -0.25) is 0 Å². The Morgan fingerprint density at radius 1 is 0.889 bits per heavy atom. The molecule has 3 nitrogen and oxygen atoms in total. The summed E-state index contributed by atoms with van der Waals surface area (Å²) in [5.74, 6) is -1.08. The Bertz CT molecular complexity index is 749. The molecule has 0 saturated carbocycles. The molecule has 0 radical (unpaired) electrons. The third-order valence-corrected chi connectivity index (χ3v) is 5.06. The summed E-state index contributed by atoms with van der Waals surface area (Å²) < 4.78 is 4.46. The predicted octanol–water partition coefficient (Wildman–Crippen LogP) is 6.03. The van der Waals surface area contributed by atoms with Crippen molar-refractivity contribution in [1.29, 1.82) is 0 Å². The molecule has 2 rings (SSSR count). The van der Waals surface area contributed by atoms with Crippen LogP contribution in [0.5, 0.6) is 0 Å². The number of carboxylic acid groups (broad SMARTS) is 1. The van der Waals surface area contributed by atoms with Gasteiger partial charge in [-0.25, -0.2) is 4.79 Å². The molecule has 1 N–H and O–H groups in total. The Balaban J connectivity index is 2.92. The summed E-state index contributed by atoms with van der Waals surface area (Å²) in [4.78, 5) is 11.4. The number of alkyl halides is 3. The van der Waals surface area contributed by atoms with Crippen LogP contribution in [0.3, 0.4) is 0 Å². The Hall–Kier alpha value is -1.26. The molecule has 0 spiro atoms. The molecular weight excluding hydrogens is 407 g/mol. The summed E-state index contributed by atoms with van der Waals surface area (Å²) in [7, 11) is 0. The van der Waals surface area contributed by atoms with Crippen LogP contribution in [0.1, 0.15) is 39.8 Å². The van der Waals surface area contributed by atoms with Crippen molar-refractivity contribution in [2.45, 2.75) is 43.5 Å². The van der Waals surface area contributed by atoms with Gasteiger partial charge in [-0.2, -0.15) is 0 Å². The second-order valence-corrected chi connectivity index (χ2v) is 9.35. The lowest BCUT2D eigenvalue weighted by molar-refractivity contribution is -0.148. The number of halogens is 3. The van der Waals surface area contributed by atoms with Gasteiger partial charge >= 0.3 is 5.97 Å². The first-order valence-electron chi connectivity index (χ1n) is 8.54. The third-order valence-electron chi connectivity index (χ3n) is 4.66. The number of ether oxygens (including phenoxy) is 1. The highest BCUT2D eigenvalue weighted by molar-refractivity contribution is 6.67. The zero-order chi connectivity index (χ0) is 20.4. The highest BCUT2D eigenvalue weighted by atomic mass is 35.6. The minimum absolute atomic E-state index is 0.0185. The van der Waals surface area contributed by atoms with E-state index in [1.165, 1.54) is 0 Å². The lowest BCUT2D eigenvalue weighted by Crippen LogP contribution is -2.40. The average molecular weight is 430 g/mol. The fourth-order valence-corrected chi connectivity index (χ4v) is 4.43. The monoisotopic (exact) mass is 428 g/mol. The highest BCUT2D eigenvalue weighted by Crippen LogP contribution is 2.49. The van der Waals surface area contributed by atoms with Crippen LogP contribution in [0.15, 0.2) is 36.4 Å². The number of aryl methyl sites for hydroxylation is 4. The maximum atomic E-state index is 11.4. The Kier molecular flexibility index (Phi) is 6.86. The van der Waals surface area contributed by atoms with Crippen molar-refractivity contribution in [2.24, 2.45) is 0 Å². The molecule has 0 aliphatic carbocycles. The van der Waals surface area contributed by atoms with E-state index in [4.69, 9.17) is 39.5 Å². The molecule has 27 heavy (non-hydrogen) atoms. The van der Waals surface area contributed by atoms with Crippen LogP contribution in [0.4, 0.5) is 0 Å². The second kappa shape index (κ2) is 8.40. The van der Waals surface area contributed by atoms with Gasteiger partial charge in [0.05, 0.1) is 0 Å². The summed E-state index contributed by atoms with van der Waals surface area (Å²) in [5, 5.41) is 9.32. The first-order valence-corrected chi connectivity index (χ1v) is 9.67. The molecule has 0 aliphatic rings. The predicted molar refractivity (Wildman–Crippen MR) is 111 cm³/mol. The van der Waals surface area contributed by atoms with Crippen molar-refractivity contribution >= 4 is 40.8 Å². The van der Waals surface area contributed by atoms with E-state index in [-0.39, 0.29) is 6.42 Å². The molecule has 6 heteroatoms. The minimum Gasteiger partial charge on any atom is -0.480 e. The SMILES string of the molecule is Cc1cccc(C)c1C(CC(Cl)(Cl)Cl)(OCC(=O)O)c1c(C)cccc1C. The zero-order valence-electron chi connectivity index (χ0n) is 15.8. The maximum Gasteiger partial charge on any atom is 0.329 e. The van der Waals surface area contributed by atoms with Crippen LogP contribution in [0.2, 0.25) is 0 Å². The normalized spacial score (nSPS) is 12.3. The smallest absolute Gasteiger partial charge is 0.329 e. The van der Waals surface area contributed by atoms with Crippen LogP contribution >= 0.6 is 34.8 Å². The molecule has 2 aromatic rings. The van der Waals surface area contributed by atoms with E-state index in [9.17, 15) is 9.90 Å².